The van der Waals surface area contributed by atoms with Gasteiger partial charge in [-0.25, -0.2) is 4.68 Å². The van der Waals surface area contributed by atoms with Crippen molar-refractivity contribution in [2.24, 2.45) is 0 Å². The molecule has 16 heavy (non-hydrogen) atoms. The van der Waals surface area contributed by atoms with Crippen LogP contribution >= 0.6 is 0 Å². The Kier molecular flexibility index (Phi) is 3.59. The monoisotopic (exact) mass is 223 g/mol. The Bertz CT molecular complexity index is 340. The van der Waals surface area contributed by atoms with E-state index >= 15 is 0 Å². The summed E-state index contributed by atoms with van der Waals surface area (Å²) in [6.07, 6.45) is 6.35. The zero-order valence-electron chi connectivity index (χ0n) is 10.2. The zero-order chi connectivity index (χ0) is 11.5. The summed E-state index contributed by atoms with van der Waals surface area (Å²) >= 11 is 0. The molecule has 1 fully saturated rings. The van der Waals surface area contributed by atoms with Crippen molar-refractivity contribution in [3.63, 3.8) is 0 Å². The summed E-state index contributed by atoms with van der Waals surface area (Å²) in [6.45, 7) is 4.24. The molecule has 1 N–H and O–H groups in total. The molecule has 1 aromatic rings. The molecule has 1 aromatic heterocycles. The summed E-state index contributed by atoms with van der Waals surface area (Å²) in [5.41, 5.74) is 1.96. The predicted octanol–water partition coefficient (Wildman–Crippen LogP) is 2.40. The molecular formula is C12H21N3O. The van der Waals surface area contributed by atoms with Crippen LogP contribution in [0.5, 0.6) is 0 Å². The van der Waals surface area contributed by atoms with Crippen molar-refractivity contribution >= 4 is 0 Å². The van der Waals surface area contributed by atoms with E-state index < -0.39 is 0 Å². The SMILES string of the molecule is CC(C)n1nnc(CO)c1C1CCCCC1. The molecule has 0 atom stereocenters. The minimum atomic E-state index is 0.0125. The van der Waals surface area contributed by atoms with Crippen molar-refractivity contribution < 1.29 is 5.11 Å². The highest BCUT2D eigenvalue weighted by molar-refractivity contribution is 5.16. The maximum absolute atomic E-state index is 9.33. The third-order valence-corrected chi connectivity index (χ3v) is 3.44. The van der Waals surface area contributed by atoms with Gasteiger partial charge in [0.1, 0.15) is 5.69 Å². The Labute approximate surface area is 96.7 Å². The van der Waals surface area contributed by atoms with Crippen molar-refractivity contribution in [3.05, 3.63) is 11.4 Å². The Morgan fingerprint density at radius 2 is 2.00 bits per heavy atom. The number of nitrogens with zero attached hydrogens (tertiary/aromatic N) is 3. The quantitative estimate of drug-likeness (QED) is 0.856. The fraction of sp³-hybridized carbons (Fsp3) is 0.833. The van der Waals surface area contributed by atoms with Crippen molar-refractivity contribution in [3.8, 4) is 0 Å². The van der Waals surface area contributed by atoms with Crippen LogP contribution in [0.25, 0.3) is 0 Å². The molecule has 0 saturated heterocycles. The fourth-order valence-electron chi connectivity index (χ4n) is 2.63. The van der Waals surface area contributed by atoms with Crippen molar-refractivity contribution in [1.29, 1.82) is 0 Å². The second kappa shape index (κ2) is 4.95. The lowest BCUT2D eigenvalue weighted by Gasteiger charge is -2.24. The summed E-state index contributed by atoms with van der Waals surface area (Å²) in [7, 11) is 0. The topological polar surface area (TPSA) is 50.9 Å². The fourth-order valence-corrected chi connectivity index (χ4v) is 2.63. The summed E-state index contributed by atoms with van der Waals surface area (Å²) < 4.78 is 1.99. The van der Waals surface area contributed by atoms with E-state index in [1.54, 1.807) is 0 Å². The number of rotatable bonds is 3. The summed E-state index contributed by atoms with van der Waals surface area (Å²) in [5, 5.41) is 17.6. The van der Waals surface area contributed by atoms with Gasteiger partial charge in [-0.2, -0.15) is 0 Å². The second-order valence-corrected chi connectivity index (χ2v) is 4.95. The number of aliphatic hydroxyl groups excluding tert-OH is 1. The van der Waals surface area contributed by atoms with Gasteiger partial charge < -0.3 is 5.11 Å². The van der Waals surface area contributed by atoms with Gasteiger partial charge in [-0.15, -0.1) is 5.10 Å². The van der Waals surface area contributed by atoms with Crippen LogP contribution < -0.4 is 0 Å². The van der Waals surface area contributed by atoms with Gasteiger partial charge >= 0.3 is 0 Å². The van der Waals surface area contributed by atoms with Crippen LogP contribution in [-0.2, 0) is 6.61 Å². The highest BCUT2D eigenvalue weighted by atomic mass is 16.3. The molecule has 0 aromatic carbocycles. The van der Waals surface area contributed by atoms with Crippen LogP contribution in [0.1, 0.15) is 69.3 Å². The Hall–Kier alpha value is -0.900. The maximum atomic E-state index is 9.33. The van der Waals surface area contributed by atoms with Gasteiger partial charge in [-0.1, -0.05) is 24.5 Å². The molecule has 0 radical (unpaired) electrons. The summed E-state index contributed by atoms with van der Waals surface area (Å²) in [6, 6.07) is 0.324. The number of aromatic nitrogens is 3. The molecule has 1 aliphatic rings. The lowest BCUT2D eigenvalue weighted by Crippen LogP contribution is -2.15. The minimum Gasteiger partial charge on any atom is -0.390 e. The van der Waals surface area contributed by atoms with Crippen LogP contribution in [0.2, 0.25) is 0 Å². The average molecular weight is 223 g/mol. The van der Waals surface area contributed by atoms with Crippen LogP contribution in [-0.4, -0.2) is 20.1 Å². The summed E-state index contributed by atoms with van der Waals surface area (Å²) in [4.78, 5) is 0. The second-order valence-electron chi connectivity index (χ2n) is 4.95. The van der Waals surface area contributed by atoms with E-state index in [0.717, 1.165) is 5.69 Å². The lowest BCUT2D eigenvalue weighted by molar-refractivity contribution is 0.272. The molecule has 0 amide bonds. The smallest absolute Gasteiger partial charge is 0.112 e. The van der Waals surface area contributed by atoms with Gasteiger partial charge in [0.05, 0.1) is 12.3 Å². The molecule has 0 spiro atoms. The van der Waals surface area contributed by atoms with Crippen LogP contribution in [0.15, 0.2) is 0 Å². The maximum Gasteiger partial charge on any atom is 0.112 e. The van der Waals surface area contributed by atoms with Crippen molar-refractivity contribution in [2.75, 3.05) is 0 Å². The number of aliphatic hydroxyl groups is 1. The van der Waals surface area contributed by atoms with Crippen LogP contribution in [0.4, 0.5) is 0 Å². The predicted molar refractivity (Wildman–Crippen MR) is 62.2 cm³/mol. The Morgan fingerprint density at radius 1 is 1.31 bits per heavy atom. The molecule has 1 aliphatic carbocycles. The van der Waals surface area contributed by atoms with E-state index in [0.29, 0.717) is 12.0 Å². The highest BCUT2D eigenvalue weighted by Crippen LogP contribution is 2.34. The van der Waals surface area contributed by atoms with Gasteiger partial charge in [0.2, 0.25) is 0 Å². The summed E-state index contributed by atoms with van der Waals surface area (Å²) in [5.74, 6) is 0.549. The molecule has 4 heteroatoms. The van der Waals surface area contributed by atoms with E-state index in [1.807, 2.05) is 4.68 Å². The molecule has 0 bridgehead atoms. The standard InChI is InChI=1S/C12H21N3O/c1-9(2)15-12(11(8-16)13-14-15)10-6-4-3-5-7-10/h9-10,16H,3-8H2,1-2H3. The number of hydrogen-bond acceptors (Lipinski definition) is 3. The molecular weight excluding hydrogens is 202 g/mol. The molecule has 90 valence electrons. The van der Waals surface area contributed by atoms with Gasteiger partial charge in [-0.3, -0.25) is 0 Å². The van der Waals surface area contributed by atoms with Gasteiger partial charge in [-0.05, 0) is 26.7 Å². The third-order valence-electron chi connectivity index (χ3n) is 3.44. The molecule has 4 nitrogen and oxygen atoms in total. The van der Waals surface area contributed by atoms with Gasteiger partial charge in [0.25, 0.3) is 0 Å². The molecule has 1 heterocycles. The van der Waals surface area contributed by atoms with Gasteiger partial charge in [0.15, 0.2) is 0 Å². The highest BCUT2D eigenvalue weighted by Gasteiger charge is 2.24. The molecule has 0 aliphatic heterocycles. The average Bonchev–Trinajstić information content (AvgIpc) is 2.73. The Morgan fingerprint density at radius 3 is 2.56 bits per heavy atom. The van der Waals surface area contributed by atoms with E-state index in [-0.39, 0.29) is 6.61 Å². The first kappa shape index (κ1) is 11.6. The van der Waals surface area contributed by atoms with Gasteiger partial charge in [0, 0.05) is 12.0 Å². The van der Waals surface area contributed by atoms with Crippen LogP contribution in [0, 0.1) is 0 Å². The lowest BCUT2D eigenvalue weighted by atomic mass is 9.86. The first-order valence-corrected chi connectivity index (χ1v) is 6.29. The first-order chi connectivity index (χ1) is 7.74. The van der Waals surface area contributed by atoms with Crippen LogP contribution in [0.3, 0.4) is 0 Å². The van der Waals surface area contributed by atoms with E-state index in [1.165, 1.54) is 37.8 Å². The molecule has 2 rings (SSSR count). The largest absolute Gasteiger partial charge is 0.390 e. The zero-order valence-corrected chi connectivity index (χ0v) is 10.2. The first-order valence-electron chi connectivity index (χ1n) is 6.29. The van der Waals surface area contributed by atoms with E-state index in [2.05, 4.69) is 24.2 Å². The molecule has 1 saturated carbocycles. The number of hydrogen-bond donors (Lipinski definition) is 1. The molecule has 0 unspecified atom stereocenters. The Balaban J connectivity index is 2.31. The van der Waals surface area contributed by atoms with Crippen molar-refractivity contribution in [1.82, 2.24) is 15.0 Å². The normalized spacial score (nSPS) is 18.2. The third kappa shape index (κ3) is 2.12. The van der Waals surface area contributed by atoms with E-state index in [9.17, 15) is 5.11 Å². The minimum absolute atomic E-state index is 0.0125. The van der Waals surface area contributed by atoms with E-state index in [4.69, 9.17) is 0 Å². The van der Waals surface area contributed by atoms with Crippen molar-refractivity contribution in [2.45, 2.75) is 64.5 Å².